The first-order valence-corrected chi connectivity index (χ1v) is 5.51. The van der Waals surface area contributed by atoms with Gasteiger partial charge in [0.25, 0.3) is 5.91 Å². The summed E-state index contributed by atoms with van der Waals surface area (Å²) in [6, 6.07) is 0.201. The Morgan fingerprint density at radius 2 is 2.06 bits per heavy atom. The molecule has 0 spiro atoms. The highest BCUT2D eigenvalue weighted by Crippen LogP contribution is 2.03. The molecule has 5 nitrogen and oxygen atoms in total. The highest BCUT2D eigenvalue weighted by molar-refractivity contribution is 5.92. The summed E-state index contributed by atoms with van der Waals surface area (Å²) >= 11 is 0. The lowest BCUT2D eigenvalue weighted by atomic mass is 10.1. The number of amides is 1. The van der Waals surface area contributed by atoms with Crippen LogP contribution in [0.1, 0.15) is 37.2 Å². The number of anilines is 1. The third-order valence-electron chi connectivity index (χ3n) is 2.44. The van der Waals surface area contributed by atoms with Crippen LogP contribution in [0.3, 0.4) is 0 Å². The summed E-state index contributed by atoms with van der Waals surface area (Å²) in [5.74, 6) is 0.426. The van der Waals surface area contributed by atoms with E-state index in [1.54, 1.807) is 13.2 Å². The zero-order valence-electron chi connectivity index (χ0n) is 9.95. The fourth-order valence-corrected chi connectivity index (χ4v) is 1.35. The quantitative estimate of drug-likeness (QED) is 0.791. The van der Waals surface area contributed by atoms with E-state index in [0.29, 0.717) is 11.5 Å². The van der Waals surface area contributed by atoms with Crippen LogP contribution >= 0.6 is 0 Å². The molecule has 0 aliphatic rings. The van der Waals surface area contributed by atoms with Crippen LogP contribution in [0.15, 0.2) is 12.4 Å². The minimum Gasteiger partial charge on any atom is -0.372 e. The van der Waals surface area contributed by atoms with E-state index in [1.807, 2.05) is 13.8 Å². The van der Waals surface area contributed by atoms with E-state index in [0.717, 1.165) is 12.8 Å². The SMILES string of the molecule is CCC(CC)NC(=O)c1cncc(NC)n1. The first-order valence-electron chi connectivity index (χ1n) is 5.51. The van der Waals surface area contributed by atoms with Gasteiger partial charge in [0.15, 0.2) is 0 Å². The number of hydrogen-bond donors (Lipinski definition) is 2. The predicted octanol–water partition coefficient (Wildman–Crippen LogP) is 1.44. The average Bonchev–Trinajstić information content (AvgIpc) is 2.35. The van der Waals surface area contributed by atoms with Crippen molar-refractivity contribution in [2.24, 2.45) is 0 Å². The second kappa shape index (κ2) is 6.05. The molecule has 0 fully saturated rings. The summed E-state index contributed by atoms with van der Waals surface area (Å²) in [5, 5.41) is 5.76. The average molecular weight is 222 g/mol. The normalized spacial score (nSPS) is 10.2. The number of carbonyl (C=O) groups is 1. The van der Waals surface area contributed by atoms with Gasteiger partial charge in [0.2, 0.25) is 0 Å². The molecule has 0 aromatic carbocycles. The van der Waals surface area contributed by atoms with E-state index in [1.165, 1.54) is 6.20 Å². The van der Waals surface area contributed by atoms with Gasteiger partial charge in [-0.25, -0.2) is 4.98 Å². The topological polar surface area (TPSA) is 66.9 Å². The maximum atomic E-state index is 11.8. The van der Waals surface area contributed by atoms with Crippen molar-refractivity contribution in [1.29, 1.82) is 0 Å². The van der Waals surface area contributed by atoms with Gasteiger partial charge >= 0.3 is 0 Å². The Balaban J connectivity index is 2.72. The van der Waals surface area contributed by atoms with E-state index >= 15 is 0 Å². The van der Waals surface area contributed by atoms with Crippen molar-refractivity contribution in [1.82, 2.24) is 15.3 Å². The Bertz CT molecular complexity index is 350. The molecular weight excluding hydrogens is 204 g/mol. The molecule has 0 saturated heterocycles. The molecule has 0 unspecified atom stereocenters. The zero-order valence-corrected chi connectivity index (χ0v) is 9.95. The molecule has 16 heavy (non-hydrogen) atoms. The van der Waals surface area contributed by atoms with Crippen LogP contribution in [-0.4, -0.2) is 29.0 Å². The molecule has 0 saturated carbocycles. The monoisotopic (exact) mass is 222 g/mol. The standard InChI is InChI=1S/C11H18N4O/c1-4-8(5-2)14-11(16)9-6-13-7-10(12-3)15-9/h6-8H,4-5H2,1-3H3,(H,12,15)(H,14,16). The Hall–Kier alpha value is -1.65. The second-order valence-electron chi connectivity index (χ2n) is 3.53. The van der Waals surface area contributed by atoms with E-state index in [9.17, 15) is 4.79 Å². The molecule has 0 atom stereocenters. The fourth-order valence-electron chi connectivity index (χ4n) is 1.35. The molecular formula is C11H18N4O. The molecule has 0 bridgehead atoms. The van der Waals surface area contributed by atoms with Crippen molar-refractivity contribution in [2.45, 2.75) is 32.7 Å². The fraction of sp³-hybridized carbons (Fsp3) is 0.545. The Morgan fingerprint density at radius 3 is 2.62 bits per heavy atom. The maximum Gasteiger partial charge on any atom is 0.271 e. The molecule has 0 aliphatic carbocycles. The first kappa shape index (κ1) is 12.4. The summed E-state index contributed by atoms with van der Waals surface area (Å²) in [5.41, 5.74) is 0.346. The Morgan fingerprint density at radius 1 is 1.38 bits per heavy atom. The van der Waals surface area contributed by atoms with Gasteiger partial charge in [-0.05, 0) is 12.8 Å². The number of aromatic nitrogens is 2. The maximum absolute atomic E-state index is 11.8. The van der Waals surface area contributed by atoms with Gasteiger partial charge in [-0.3, -0.25) is 9.78 Å². The number of hydrogen-bond acceptors (Lipinski definition) is 4. The Labute approximate surface area is 95.7 Å². The van der Waals surface area contributed by atoms with E-state index in [-0.39, 0.29) is 11.9 Å². The van der Waals surface area contributed by atoms with Gasteiger partial charge in [0, 0.05) is 13.1 Å². The lowest BCUT2D eigenvalue weighted by molar-refractivity contribution is 0.0929. The summed E-state index contributed by atoms with van der Waals surface area (Å²) in [7, 11) is 1.74. The summed E-state index contributed by atoms with van der Waals surface area (Å²) < 4.78 is 0. The summed E-state index contributed by atoms with van der Waals surface area (Å²) in [6.07, 6.45) is 4.88. The minimum absolute atomic E-state index is 0.168. The van der Waals surface area contributed by atoms with Crippen LogP contribution in [0.4, 0.5) is 5.82 Å². The van der Waals surface area contributed by atoms with Crippen LogP contribution in [0, 0.1) is 0 Å². The van der Waals surface area contributed by atoms with Crippen LogP contribution < -0.4 is 10.6 Å². The van der Waals surface area contributed by atoms with Crippen molar-refractivity contribution in [2.75, 3.05) is 12.4 Å². The van der Waals surface area contributed by atoms with Crippen LogP contribution in [0.25, 0.3) is 0 Å². The lowest BCUT2D eigenvalue weighted by Crippen LogP contribution is -2.34. The third kappa shape index (κ3) is 3.18. The van der Waals surface area contributed by atoms with Crippen molar-refractivity contribution in [3.8, 4) is 0 Å². The van der Waals surface area contributed by atoms with Gasteiger partial charge in [0.05, 0.1) is 12.4 Å². The van der Waals surface area contributed by atoms with Crippen LogP contribution in [0.2, 0.25) is 0 Å². The molecule has 1 rings (SSSR count). The number of nitrogens with zero attached hydrogens (tertiary/aromatic N) is 2. The van der Waals surface area contributed by atoms with Crippen molar-refractivity contribution in [3.05, 3.63) is 18.1 Å². The number of rotatable bonds is 5. The predicted molar refractivity (Wildman–Crippen MR) is 63.4 cm³/mol. The summed E-state index contributed by atoms with van der Waals surface area (Å²) in [6.45, 7) is 4.09. The van der Waals surface area contributed by atoms with Gasteiger partial charge in [0.1, 0.15) is 11.5 Å². The van der Waals surface area contributed by atoms with Crippen molar-refractivity contribution in [3.63, 3.8) is 0 Å². The van der Waals surface area contributed by atoms with E-state index < -0.39 is 0 Å². The molecule has 88 valence electrons. The van der Waals surface area contributed by atoms with Gasteiger partial charge in [-0.15, -0.1) is 0 Å². The van der Waals surface area contributed by atoms with Crippen LogP contribution in [-0.2, 0) is 0 Å². The van der Waals surface area contributed by atoms with Crippen molar-refractivity contribution < 1.29 is 4.79 Å². The minimum atomic E-state index is -0.168. The molecule has 1 aromatic heterocycles. The smallest absolute Gasteiger partial charge is 0.271 e. The first-order chi connectivity index (χ1) is 7.71. The number of carbonyl (C=O) groups excluding carboxylic acids is 1. The van der Waals surface area contributed by atoms with E-state index in [2.05, 4.69) is 20.6 Å². The Kier molecular flexibility index (Phi) is 4.69. The lowest BCUT2D eigenvalue weighted by Gasteiger charge is -2.14. The van der Waals surface area contributed by atoms with Gasteiger partial charge < -0.3 is 10.6 Å². The molecule has 0 aliphatic heterocycles. The van der Waals surface area contributed by atoms with Gasteiger partial charge in [-0.1, -0.05) is 13.8 Å². The van der Waals surface area contributed by atoms with Crippen molar-refractivity contribution >= 4 is 11.7 Å². The largest absolute Gasteiger partial charge is 0.372 e. The molecule has 0 radical (unpaired) electrons. The van der Waals surface area contributed by atoms with E-state index in [4.69, 9.17) is 0 Å². The van der Waals surface area contributed by atoms with Gasteiger partial charge in [-0.2, -0.15) is 0 Å². The molecule has 1 aromatic rings. The molecule has 1 amide bonds. The van der Waals surface area contributed by atoms with Crippen LogP contribution in [0.5, 0.6) is 0 Å². The highest BCUT2D eigenvalue weighted by Gasteiger charge is 2.12. The summed E-state index contributed by atoms with van der Waals surface area (Å²) in [4.78, 5) is 19.9. The third-order valence-corrected chi connectivity index (χ3v) is 2.44. The molecule has 5 heteroatoms. The molecule has 1 heterocycles. The zero-order chi connectivity index (χ0) is 12.0. The highest BCUT2D eigenvalue weighted by atomic mass is 16.1. The second-order valence-corrected chi connectivity index (χ2v) is 3.53. The molecule has 2 N–H and O–H groups in total. The number of nitrogens with one attached hydrogen (secondary N) is 2.